The molecule has 3 aromatic rings. The summed E-state index contributed by atoms with van der Waals surface area (Å²) in [7, 11) is 0. The predicted octanol–water partition coefficient (Wildman–Crippen LogP) is 4.79. The van der Waals surface area contributed by atoms with Gasteiger partial charge in [0.05, 0.1) is 0 Å². The zero-order valence-electron chi connectivity index (χ0n) is 16.2. The summed E-state index contributed by atoms with van der Waals surface area (Å²) >= 11 is 5.92. The number of fused-ring (bicyclic) bond motifs is 1. The van der Waals surface area contributed by atoms with Crippen molar-refractivity contribution in [2.75, 3.05) is 11.9 Å². The number of amides is 2. The van der Waals surface area contributed by atoms with Crippen LogP contribution in [0.1, 0.15) is 21.5 Å². The lowest BCUT2D eigenvalue weighted by atomic mass is 10.1. The summed E-state index contributed by atoms with van der Waals surface area (Å²) in [6.07, 6.45) is 0. The molecule has 0 bridgehead atoms. The van der Waals surface area contributed by atoms with Gasteiger partial charge in [-0.3, -0.25) is 9.59 Å². The maximum Gasteiger partial charge on any atom is 0.261 e. The first-order chi connectivity index (χ1) is 14.9. The number of nitrogens with zero attached hydrogens (tertiary/aromatic N) is 1. The fraction of sp³-hybridized carbons (Fsp3) is 0.130. The van der Waals surface area contributed by atoms with E-state index in [1.807, 2.05) is 12.1 Å². The van der Waals surface area contributed by atoms with Crippen LogP contribution in [0.25, 0.3) is 0 Å². The number of carbonyl (C=O) groups is 2. The van der Waals surface area contributed by atoms with Crippen molar-refractivity contribution in [3.8, 4) is 5.75 Å². The van der Waals surface area contributed by atoms with Gasteiger partial charge in [-0.05, 0) is 48.0 Å². The van der Waals surface area contributed by atoms with Gasteiger partial charge in [0.25, 0.3) is 11.8 Å². The topological polar surface area (TPSA) is 58.6 Å². The highest BCUT2D eigenvalue weighted by Crippen LogP contribution is 2.28. The fourth-order valence-corrected chi connectivity index (χ4v) is 3.43. The summed E-state index contributed by atoms with van der Waals surface area (Å²) in [4.78, 5) is 26.5. The van der Waals surface area contributed by atoms with Gasteiger partial charge in [0.2, 0.25) is 0 Å². The molecule has 0 spiro atoms. The van der Waals surface area contributed by atoms with Gasteiger partial charge in [-0.15, -0.1) is 0 Å². The molecule has 2 amide bonds. The Labute approximate surface area is 182 Å². The zero-order valence-corrected chi connectivity index (χ0v) is 17.0. The van der Waals surface area contributed by atoms with E-state index >= 15 is 0 Å². The molecule has 0 atom stereocenters. The third kappa shape index (κ3) is 4.67. The first-order valence-corrected chi connectivity index (χ1v) is 9.82. The highest BCUT2D eigenvalue weighted by Gasteiger charge is 2.23. The van der Waals surface area contributed by atoms with E-state index < -0.39 is 23.1 Å². The summed E-state index contributed by atoms with van der Waals surface area (Å²) in [6, 6.07) is 15.2. The van der Waals surface area contributed by atoms with E-state index in [2.05, 4.69) is 5.32 Å². The number of anilines is 1. The summed E-state index contributed by atoms with van der Waals surface area (Å²) < 4.78 is 33.4. The van der Waals surface area contributed by atoms with Gasteiger partial charge in [-0.1, -0.05) is 29.8 Å². The molecule has 158 valence electrons. The molecule has 3 aromatic carbocycles. The largest absolute Gasteiger partial charge is 0.483 e. The van der Waals surface area contributed by atoms with E-state index in [-0.39, 0.29) is 19.1 Å². The Morgan fingerprint density at radius 3 is 2.48 bits per heavy atom. The molecule has 0 aliphatic carbocycles. The molecule has 0 unspecified atom stereocenters. The maximum absolute atomic E-state index is 13.9. The molecule has 1 aliphatic rings. The van der Waals surface area contributed by atoms with Gasteiger partial charge in [-0.25, -0.2) is 8.78 Å². The van der Waals surface area contributed by atoms with Gasteiger partial charge in [0.1, 0.15) is 22.9 Å². The SMILES string of the molecule is O=C(Nc1ccc2c(c1)CN(Cc1ccc(Cl)cc1)C(=O)CO2)c1c(F)cccc1F. The second-order valence-electron chi connectivity index (χ2n) is 7.04. The fourth-order valence-electron chi connectivity index (χ4n) is 3.31. The lowest BCUT2D eigenvalue weighted by Crippen LogP contribution is -2.31. The Morgan fingerprint density at radius 1 is 1.06 bits per heavy atom. The molecule has 5 nitrogen and oxygen atoms in total. The van der Waals surface area contributed by atoms with Crippen molar-refractivity contribution >= 4 is 29.1 Å². The number of halogens is 3. The van der Waals surface area contributed by atoms with E-state index in [0.717, 1.165) is 17.7 Å². The molecule has 1 heterocycles. The van der Waals surface area contributed by atoms with Gasteiger partial charge in [0, 0.05) is 29.4 Å². The molecular formula is C23H17ClF2N2O3. The Morgan fingerprint density at radius 2 is 1.77 bits per heavy atom. The smallest absolute Gasteiger partial charge is 0.261 e. The molecule has 0 saturated carbocycles. The maximum atomic E-state index is 13.9. The third-order valence-corrected chi connectivity index (χ3v) is 5.11. The van der Waals surface area contributed by atoms with Crippen LogP contribution in [0.2, 0.25) is 5.02 Å². The summed E-state index contributed by atoms with van der Waals surface area (Å²) in [5.41, 5.74) is 1.23. The first kappa shape index (κ1) is 20.8. The monoisotopic (exact) mass is 442 g/mol. The molecule has 0 saturated heterocycles. The molecular weight excluding hydrogens is 426 g/mol. The number of hydrogen-bond acceptors (Lipinski definition) is 3. The normalized spacial score (nSPS) is 13.3. The summed E-state index contributed by atoms with van der Waals surface area (Å²) in [5, 5.41) is 3.10. The Hall–Kier alpha value is -3.45. The average Bonchev–Trinajstić information content (AvgIpc) is 2.88. The van der Waals surface area contributed by atoms with Gasteiger partial charge < -0.3 is 15.0 Å². The van der Waals surface area contributed by atoms with Crippen molar-refractivity contribution in [2.45, 2.75) is 13.1 Å². The Kier molecular flexibility index (Phi) is 5.86. The second-order valence-corrected chi connectivity index (χ2v) is 7.47. The molecule has 1 aliphatic heterocycles. The molecule has 1 N–H and O–H groups in total. The lowest BCUT2D eigenvalue weighted by molar-refractivity contribution is -0.133. The van der Waals surface area contributed by atoms with Gasteiger partial charge >= 0.3 is 0 Å². The van der Waals surface area contributed by atoms with Crippen LogP contribution in [0.3, 0.4) is 0 Å². The Balaban J connectivity index is 1.55. The summed E-state index contributed by atoms with van der Waals surface area (Å²) in [6.45, 7) is 0.483. The van der Waals surface area contributed by atoms with Crippen LogP contribution >= 0.6 is 11.6 Å². The summed E-state index contributed by atoms with van der Waals surface area (Å²) in [5.74, 6) is -2.49. The highest BCUT2D eigenvalue weighted by molar-refractivity contribution is 6.30. The number of carbonyl (C=O) groups excluding carboxylic acids is 2. The Bertz CT molecular complexity index is 1130. The van der Waals surface area contributed by atoms with Crippen molar-refractivity contribution in [3.05, 3.63) is 94.0 Å². The highest BCUT2D eigenvalue weighted by atomic mass is 35.5. The van der Waals surface area contributed by atoms with Crippen LogP contribution in [-0.2, 0) is 17.9 Å². The third-order valence-electron chi connectivity index (χ3n) is 4.86. The minimum atomic E-state index is -0.949. The van der Waals surface area contributed by atoms with Gasteiger partial charge in [0.15, 0.2) is 6.61 Å². The molecule has 4 rings (SSSR count). The number of ether oxygens (including phenoxy) is 1. The number of nitrogens with one attached hydrogen (secondary N) is 1. The predicted molar refractivity (Wildman–Crippen MR) is 112 cm³/mol. The van der Waals surface area contributed by atoms with E-state index in [4.69, 9.17) is 16.3 Å². The minimum Gasteiger partial charge on any atom is -0.483 e. The molecule has 31 heavy (non-hydrogen) atoms. The standard InChI is InChI=1S/C23H17ClF2N2O3/c24-16-6-4-14(5-7-16)11-28-12-15-10-17(8-9-20(15)31-13-21(28)29)27-23(30)22-18(25)2-1-3-19(22)26/h1-10H,11-13H2,(H,27,30). The van der Waals surface area contributed by atoms with Crippen LogP contribution < -0.4 is 10.1 Å². The van der Waals surface area contributed by atoms with Crippen molar-refractivity contribution in [3.63, 3.8) is 0 Å². The van der Waals surface area contributed by atoms with Crippen LogP contribution in [0.5, 0.6) is 5.75 Å². The average molecular weight is 443 g/mol. The van der Waals surface area contributed by atoms with Crippen molar-refractivity contribution < 1.29 is 23.1 Å². The molecule has 8 heteroatoms. The quantitative estimate of drug-likeness (QED) is 0.632. The number of hydrogen-bond donors (Lipinski definition) is 1. The minimum absolute atomic E-state index is 0.118. The van der Waals surface area contributed by atoms with Crippen LogP contribution in [0.15, 0.2) is 60.7 Å². The van der Waals surface area contributed by atoms with E-state index in [0.29, 0.717) is 28.6 Å². The van der Waals surface area contributed by atoms with Crippen molar-refractivity contribution in [2.24, 2.45) is 0 Å². The van der Waals surface area contributed by atoms with Crippen molar-refractivity contribution in [1.82, 2.24) is 4.90 Å². The van der Waals surface area contributed by atoms with Crippen molar-refractivity contribution in [1.29, 1.82) is 0 Å². The van der Waals surface area contributed by atoms with E-state index in [9.17, 15) is 18.4 Å². The molecule has 0 radical (unpaired) electrons. The van der Waals surface area contributed by atoms with E-state index in [1.165, 1.54) is 6.07 Å². The number of rotatable bonds is 4. The molecule has 0 aromatic heterocycles. The lowest BCUT2D eigenvalue weighted by Gasteiger charge is -2.20. The first-order valence-electron chi connectivity index (χ1n) is 9.44. The molecule has 0 fully saturated rings. The van der Waals surface area contributed by atoms with Gasteiger partial charge in [-0.2, -0.15) is 0 Å². The second kappa shape index (κ2) is 8.73. The van der Waals surface area contributed by atoms with Crippen LogP contribution in [-0.4, -0.2) is 23.3 Å². The number of benzene rings is 3. The van der Waals surface area contributed by atoms with Crippen LogP contribution in [0.4, 0.5) is 14.5 Å². The van der Waals surface area contributed by atoms with Crippen LogP contribution in [0, 0.1) is 11.6 Å². The zero-order chi connectivity index (χ0) is 22.0. The van der Waals surface area contributed by atoms with E-state index in [1.54, 1.807) is 35.2 Å².